The highest BCUT2D eigenvalue weighted by atomic mass is 16.5. The van der Waals surface area contributed by atoms with Crippen molar-refractivity contribution in [2.75, 3.05) is 20.2 Å². The van der Waals surface area contributed by atoms with E-state index in [1.807, 2.05) is 48.5 Å². The van der Waals surface area contributed by atoms with E-state index in [0.29, 0.717) is 5.56 Å². The van der Waals surface area contributed by atoms with Crippen molar-refractivity contribution in [1.82, 2.24) is 20.0 Å². The van der Waals surface area contributed by atoms with E-state index in [1.54, 1.807) is 13.2 Å². The van der Waals surface area contributed by atoms with Gasteiger partial charge in [0.15, 0.2) is 0 Å². The average Bonchev–Trinajstić information content (AvgIpc) is 3.36. The predicted octanol–water partition coefficient (Wildman–Crippen LogP) is 2.54. The Bertz CT molecular complexity index is 1160. The SMILES string of the molecule is CN(CC(=O)O)C(=O)C(NC(=O)OCC1c2ccccc2-c2ccccc21)c1cnn(C)c1. The fraction of sp³-hybridized carbons (Fsp3) is 0.250. The predicted molar refractivity (Wildman–Crippen MR) is 119 cm³/mol. The van der Waals surface area contributed by atoms with Gasteiger partial charge in [-0.2, -0.15) is 5.10 Å². The molecule has 170 valence electrons. The smallest absolute Gasteiger partial charge is 0.408 e. The Kier molecular flexibility index (Phi) is 6.12. The van der Waals surface area contributed by atoms with Crippen molar-refractivity contribution in [2.24, 2.45) is 7.05 Å². The maximum absolute atomic E-state index is 12.9. The lowest BCUT2D eigenvalue weighted by Gasteiger charge is -2.23. The summed E-state index contributed by atoms with van der Waals surface area (Å²) >= 11 is 0. The molecule has 1 aliphatic carbocycles. The molecule has 0 aliphatic heterocycles. The molecule has 33 heavy (non-hydrogen) atoms. The van der Waals surface area contributed by atoms with Crippen molar-refractivity contribution in [3.8, 4) is 11.1 Å². The molecule has 9 nitrogen and oxygen atoms in total. The Morgan fingerprint density at radius 3 is 2.27 bits per heavy atom. The Morgan fingerprint density at radius 2 is 1.73 bits per heavy atom. The van der Waals surface area contributed by atoms with Gasteiger partial charge in [0.2, 0.25) is 5.91 Å². The Hall–Kier alpha value is -4.14. The number of hydrogen-bond donors (Lipinski definition) is 2. The van der Waals surface area contributed by atoms with Crippen LogP contribution in [0.15, 0.2) is 60.9 Å². The van der Waals surface area contributed by atoms with Crippen molar-refractivity contribution in [3.05, 3.63) is 77.6 Å². The molecule has 0 fully saturated rings. The number of rotatable bonds is 7. The number of carbonyl (C=O) groups excluding carboxylic acids is 2. The zero-order valence-electron chi connectivity index (χ0n) is 18.3. The number of amides is 2. The van der Waals surface area contributed by atoms with Crippen LogP contribution in [0.25, 0.3) is 11.1 Å². The number of likely N-dealkylation sites (N-methyl/N-ethyl adjacent to an activating group) is 1. The first-order valence-corrected chi connectivity index (χ1v) is 10.4. The standard InChI is InChI=1S/C24H24N4O5/c1-27(13-21(29)30)23(31)22(15-11-25-28(2)12-15)26-24(32)33-14-20-18-9-5-3-7-16(18)17-8-4-6-10-19(17)20/h3-12,20,22H,13-14H2,1-2H3,(H,26,32)(H,29,30). The minimum absolute atomic E-state index is 0.0960. The second kappa shape index (κ2) is 9.15. The number of aromatic nitrogens is 2. The third-order valence-electron chi connectivity index (χ3n) is 5.66. The minimum Gasteiger partial charge on any atom is -0.480 e. The van der Waals surface area contributed by atoms with Gasteiger partial charge in [-0.1, -0.05) is 48.5 Å². The van der Waals surface area contributed by atoms with Crippen LogP contribution in [-0.4, -0.2) is 58.0 Å². The monoisotopic (exact) mass is 448 g/mol. The number of aliphatic carboxylic acids is 1. The molecule has 2 amide bonds. The largest absolute Gasteiger partial charge is 0.480 e. The van der Waals surface area contributed by atoms with Gasteiger partial charge in [-0.15, -0.1) is 0 Å². The Morgan fingerprint density at radius 1 is 1.12 bits per heavy atom. The molecule has 9 heteroatoms. The summed E-state index contributed by atoms with van der Waals surface area (Å²) in [6, 6.07) is 14.9. The highest BCUT2D eigenvalue weighted by molar-refractivity contribution is 5.89. The van der Waals surface area contributed by atoms with Crippen molar-refractivity contribution < 1.29 is 24.2 Å². The van der Waals surface area contributed by atoms with Gasteiger partial charge in [0.25, 0.3) is 0 Å². The van der Waals surface area contributed by atoms with Crippen LogP contribution < -0.4 is 5.32 Å². The molecule has 0 spiro atoms. The molecule has 1 heterocycles. The lowest BCUT2D eigenvalue weighted by atomic mass is 9.98. The normalized spacial score (nSPS) is 13.0. The number of aryl methyl sites for hydroxylation is 1. The van der Waals surface area contributed by atoms with Crippen molar-refractivity contribution in [2.45, 2.75) is 12.0 Å². The molecule has 1 aliphatic rings. The van der Waals surface area contributed by atoms with Crippen molar-refractivity contribution in [1.29, 1.82) is 0 Å². The highest BCUT2D eigenvalue weighted by Crippen LogP contribution is 2.44. The zero-order valence-corrected chi connectivity index (χ0v) is 18.3. The molecule has 4 rings (SSSR count). The van der Waals surface area contributed by atoms with Crippen LogP contribution in [0.5, 0.6) is 0 Å². The molecule has 1 aromatic heterocycles. The van der Waals surface area contributed by atoms with Gasteiger partial charge >= 0.3 is 12.1 Å². The summed E-state index contributed by atoms with van der Waals surface area (Å²) in [7, 11) is 3.04. The van der Waals surface area contributed by atoms with Crippen LogP contribution in [0.1, 0.15) is 28.7 Å². The van der Waals surface area contributed by atoms with Gasteiger partial charge in [0, 0.05) is 31.8 Å². The average molecular weight is 448 g/mol. The van der Waals surface area contributed by atoms with E-state index >= 15 is 0 Å². The summed E-state index contributed by atoms with van der Waals surface area (Å²) in [6.45, 7) is -0.402. The van der Waals surface area contributed by atoms with Gasteiger partial charge in [0.05, 0.1) is 6.20 Å². The van der Waals surface area contributed by atoms with Crippen molar-refractivity contribution in [3.63, 3.8) is 0 Å². The van der Waals surface area contributed by atoms with Crippen LogP contribution in [0.3, 0.4) is 0 Å². The van der Waals surface area contributed by atoms with Gasteiger partial charge < -0.3 is 20.1 Å². The lowest BCUT2D eigenvalue weighted by Crippen LogP contribution is -2.43. The minimum atomic E-state index is -1.16. The molecule has 3 aromatic rings. The summed E-state index contributed by atoms with van der Waals surface area (Å²) < 4.78 is 7.04. The van der Waals surface area contributed by atoms with Crippen LogP contribution in [0.4, 0.5) is 4.79 Å². The van der Waals surface area contributed by atoms with Crippen LogP contribution in [-0.2, 0) is 21.4 Å². The fourth-order valence-corrected chi connectivity index (χ4v) is 4.14. The summed E-state index contributed by atoms with van der Waals surface area (Å²) in [5, 5.41) is 15.6. The molecular weight excluding hydrogens is 424 g/mol. The third kappa shape index (κ3) is 4.57. The number of carboxylic acids is 1. The van der Waals surface area contributed by atoms with Gasteiger partial charge in [0.1, 0.15) is 19.2 Å². The van der Waals surface area contributed by atoms with Gasteiger partial charge in [-0.3, -0.25) is 14.3 Å². The summed E-state index contributed by atoms with van der Waals surface area (Å²) in [6.07, 6.45) is 2.25. The molecule has 2 N–H and O–H groups in total. The number of alkyl carbamates (subject to hydrolysis) is 1. The number of carbonyl (C=O) groups is 3. The number of carboxylic acid groups (broad SMARTS) is 1. The Labute approximate surface area is 190 Å². The van der Waals surface area contributed by atoms with Crippen LogP contribution in [0.2, 0.25) is 0 Å². The van der Waals surface area contributed by atoms with E-state index in [2.05, 4.69) is 10.4 Å². The van der Waals surface area contributed by atoms with Crippen LogP contribution in [0, 0.1) is 0 Å². The number of hydrogen-bond acceptors (Lipinski definition) is 5. The first-order chi connectivity index (χ1) is 15.8. The number of nitrogens with one attached hydrogen (secondary N) is 1. The number of benzene rings is 2. The molecular formula is C24H24N4O5. The first-order valence-electron chi connectivity index (χ1n) is 10.4. The maximum atomic E-state index is 12.9. The Balaban J connectivity index is 1.49. The van der Waals surface area contributed by atoms with E-state index in [-0.39, 0.29) is 12.5 Å². The molecule has 0 saturated carbocycles. The van der Waals surface area contributed by atoms with Crippen LogP contribution >= 0.6 is 0 Å². The summed E-state index contributed by atoms with van der Waals surface area (Å²) in [5.74, 6) is -1.86. The molecule has 0 saturated heterocycles. The van der Waals surface area contributed by atoms with E-state index in [0.717, 1.165) is 27.2 Å². The fourth-order valence-electron chi connectivity index (χ4n) is 4.14. The number of nitrogens with zero attached hydrogens (tertiary/aromatic N) is 3. The van der Waals surface area contributed by atoms with E-state index in [9.17, 15) is 14.4 Å². The molecule has 2 aromatic carbocycles. The second-order valence-corrected chi connectivity index (χ2v) is 7.94. The topological polar surface area (TPSA) is 114 Å². The third-order valence-corrected chi connectivity index (χ3v) is 5.66. The molecule has 1 unspecified atom stereocenters. The van der Waals surface area contributed by atoms with Crippen molar-refractivity contribution >= 4 is 18.0 Å². The maximum Gasteiger partial charge on any atom is 0.408 e. The first kappa shape index (κ1) is 22.1. The molecule has 1 atom stereocenters. The number of fused-ring (bicyclic) bond motifs is 3. The van der Waals surface area contributed by atoms with E-state index in [4.69, 9.17) is 9.84 Å². The second-order valence-electron chi connectivity index (χ2n) is 7.94. The zero-order chi connectivity index (χ0) is 23.5. The summed E-state index contributed by atoms with van der Waals surface area (Å²) in [5.41, 5.74) is 4.80. The van der Waals surface area contributed by atoms with Gasteiger partial charge in [-0.25, -0.2) is 4.79 Å². The van der Waals surface area contributed by atoms with E-state index in [1.165, 1.54) is 17.9 Å². The highest BCUT2D eigenvalue weighted by Gasteiger charge is 2.31. The van der Waals surface area contributed by atoms with E-state index < -0.39 is 30.6 Å². The quantitative estimate of drug-likeness (QED) is 0.574. The summed E-state index contributed by atoms with van der Waals surface area (Å²) in [4.78, 5) is 37.6. The molecule has 0 bridgehead atoms. The lowest BCUT2D eigenvalue weighted by molar-refractivity contribution is -0.144. The number of ether oxygens (including phenoxy) is 1. The van der Waals surface area contributed by atoms with Gasteiger partial charge in [-0.05, 0) is 22.3 Å². The molecule has 0 radical (unpaired) electrons.